The van der Waals surface area contributed by atoms with E-state index in [1.807, 2.05) is 6.92 Å². The Hall–Kier alpha value is -3.37. The van der Waals surface area contributed by atoms with Gasteiger partial charge in [0.1, 0.15) is 5.56 Å². The van der Waals surface area contributed by atoms with Crippen LogP contribution in [0.15, 0.2) is 52.3 Å². The number of carboxylic acid groups (broad SMARTS) is 1. The number of methoxy groups -OCH3 is 1. The van der Waals surface area contributed by atoms with Gasteiger partial charge in [-0.3, -0.25) is 4.79 Å². The van der Waals surface area contributed by atoms with Crippen LogP contribution in [0.1, 0.15) is 22.8 Å². The molecule has 9 nitrogen and oxygen atoms in total. The van der Waals surface area contributed by atoms with Crippen molar-refractivity contribution in [1.29, 1.82) is 0 Å². The Morgan fingerprint density at radius 3 is 2.60 bits per heavy atom. The van der Waals surface area contributed by atoms with Crippen molar-refractivity contribution in [2.24, 2.45) is 0 Å². The van der Waals surface area contributed by atoms with Gasteiger partial charge in [-0.1, -0.05) is 6.07 Å². The second-order valence-electron chi connectivity index (χ2n) is 6.29. The Morgan fingerprint density at radius 1 is 1.17 bits per heavy atom. The lowest BCUT2D eigenvalue weighted by Gasteiger charge is -2.12. The van der Waals surface area contributed by atoms with Crippen LogP contribution in [0.25, 0.3) is 10.9 Å². The fourth-order valence-electron chi connectivity index (χ4n) is 2.88. The summed E-state index contributed by atoms with van der Waals surface area (Å²) in [6, 6.07) is 8.96. The van der Waals surface area contributed by atoms with Gasteiger partial charge in [0.05, 0.1) is 18.6 Å². The summed E-state index contributed by atoms with van der Waals surface area (Å²) < 4.78 is 38.6. The Bertz CT molecular complexity index is 1270. The van der Waals surface area contributed by atoms with Crippen LogP contribution in [0.3, 0.4) is 0 Å². The predicted molar refractivity (Wildman–Crippen MR) is 110 cm³/mol. The quantitative estimate of drug-likeness (QED) is 0.496. The number of H-pyrrole nitrogens is 1. The van der Waals surface area contributed by atoms with Gasteiger partial charge in [0, 0.05) is 23.6 Å². The van der Waals surface area contributed by atoms with Gasteiger partial charge in [-0.2, -0.15) is 0 Å². The molecule has 30 heavy (non-hydrogen) atoms. The highest BCUT2D eigenvalue weighted by molar-refractivity contribution is 7.89. The summed E-state index contributed by atoms with van der Waals surface area (Å²) in [4.78, 5) is 26.0. The summed E-state index contributed by atoms with van der Waals surface area (Å²) in [5.74, 6) is -0.365. The molecule has 0 bridgehead atoms. The molecule has 0 saturated carbocycles. The first-order chi connectivity index (χ1) is 14.3. The Balaban J connectivity index is 1.88. The summed E-state index contributed by atoms with van der Waals surface area (Å²) in [5, 5.41) is 9.06. The minimum absolute atomic E-state index is 0.0192. The van der Waals surface area contributed by atoms with E-state index in [1.165, 1.54) is 19.2 Å². The molecule has 3 aromatic rings. The number of ether oxygens (including phenoxy) is 2. The van der Waals surface area contributed by atoms with Gasteiger partial charge in [-0.15, -0.1) is 0 Å². The Labute approximate surface area is 172 Å². The molecule has 0 aliphatic carbocycles. The molecule has 0 aliphatic heterocycles. The molecular weight excluding hydrogens is 412 g/mol. The highest BCUT2D eigenvalue weighted by Crippen LogP contribution is 2.28. The van der Waals surface area contributed by atoms with Crippen molar-refractivity contribution < 1.29 is 27.8 Å². The van der Waals surface area contributed by atoms with Crippen LogP contribution in [0, 0.1) is 0 Å². The van der Waals surface area contributed by atoms with Crippen molar-refractivity contribution in [3.8, 4) is 11.5 Å². The Morgan fingerprint density at radius 2 is 1.93 bits per heavy atom. The molecule has 0 atom stereocenters. The number of hydrogen-bond acceptors (Lipinski definition) is 6. The van der Waals surface area contributed by atoms with E-state index < -0.39 is 27.0 Å². The van der Waals surface area contributed by atoms with E-state index in [9.17, 15) is 18.0 Å². The molecule has 0 fully saturated rings. The average Bonchev–Trinajstić information content (AvgIpc) is 2.73. The minimum atomic E-state index is -3.96. The lowest BCUT2D eigenvalue weighted by Crippen LogP contribution is -2.23. The molecule has 2 aromatic carbocycles. The summed E-state index contributed by atoms with van der Waals surface area (Å²) in [6.07, 6.45) is 1.08. The molecule has 3 rings (SSSR count). The van der Waals surface area contributed by atoms with Crippen LogP contribution in [-0.4, -0.2) is 38.2 Å². The maximum Gasteiger partial charge on any atom is 0.341 e. The molecule has 0 unspecified atom stereocenters. The topological polar surface area (TPSA) is 135 Å². The molecule has 1 heterocycles. The number of hydrogen-bond donors (Lipinski definition) is 3. The van der Waals surface area contributed by atoms with Gasteiger partial charge in [0.2, 0.25) is 15.5 Å². The third-order valence-corrected chi connectivity index (χ3v) is 5.79. The number of aromatic nitrogens is 1. The molecule has 0 aliphatic rings. The summed E-state index contributed by atoms with van der Waals surface area (Å²) in [7, 11) is -2.47. The number of rotatable bonds is 8. The number of aromatic carboxylic acids is 1. The number of aromatic amines is 1. The van der Waals surface area contributed by atoms with Crippen molar-refractivity contribution in [3.63, 3.8) is 0 Å². The largest absolute Gasteiger partial charge is 0.493 e. The molecule has 10 heteroatoms. The monoisotopic (exact) mass is 432 g/mol. The summed E-state index contributed by atoms with van der Waals surface area (Å²) in [6.45, 7) is 2.29. The van der Waals surface area contributed by atoms with Gasteiger partial charge in [-0.25, -0.2) is 17.9 Å². The van der Waals surface area contributed by atoms with E-state index in [4.69, 9.17) is 14.6 Å². The van der Waals surface area contributed by atoms with E-state index in [-0.39, 0.29) is 16.8 Å². The zero-order valence-electron chi connectivity index (χ0n) is 16.3. The molecule has 0 spiro atoms. The highest BCUT2D eigenvalue weighted by atomic mass is 32.2. The molecular formula is C20H20N2O7S. The minimum Gasteiger partial charge on any atom is -0.493 e. The van der Waals surface area contributed by atoms with Gasteiger partial charge >= 0.3 is 5.97 Å². The number of nitrogens with one attached hydrogen (secondary N) is 2. The second-order valence-corrected chi connectivity index (χ2v) is 8.05. The lowest BCUT2D eigenvalue weighted by atomic mass is 10.1. The van der Waals surface area contributed by atoms with Crippen LogP contribution in [0.4, 0.5) is 0 Å². The van der Waals surface area contributed by atoms with Crippen LogP contribution in [0.5, 0.6) is 11.5 Å². The molecule has 0 saturated heterocycles. The zero-order chi connectivity index (χ0) is 21.9. The average molecular weight is 432 g/mol. The maximum absolute atomic E-state index is 12.7. The van der Waals surface area contributed by atoms with Gasteiger partial charge in [-0.05, 0) is 42.8 Å². The molecule has 1 aromatic heterocycles. The van der Waals surface area contributed by atoms with Crippen molar-refractivity contribution in [2.45, 2.75) is 18.4 Å². The van der Waals surface area contributed by atoms with E-state index in [0.717, 1.165) is 12.3 Å². The summed E-state index contributed by atoms with van der Waals surface area (Å²) >= 11 is 0. The number of sulfonamides is 1. The van der Waals surface area contributed by atoms with Crippen molar-refractivity contribution in [1.82, 2.24) is 9.71 Å². The predicted octanol–water partition coefficient (Wildman–Crippen LogP) is 2.11. The summed E-state index contributed by atoms with van der Waals surface area (Å²) in [5.41, 5.74) is -0.248. The first kappa shape index (κ1) is 21.3. The van der Waals surface area contributed by atoms with Crippen LogP contribution < -0.4 is 19.6 Å². The van der Waals surface area contributed by atoms with Gasteiger partial charge < -0.3 is 19.6 Å². The lowest BCUT2D eigenvalue weighted by molar-refractivity contribution is 0.0695. The second kappa shape index (κ2) is 8.56. The fourth-order valence-corrected chi connectivity index (χ4v) is 3.93. The number of benzene rings is 2. The van der Waals surface area contributed by atoms with E-state index in [2.05, 4.69) is 9.71 Å². The smallest absolute Gasteiger partial charge is 0.341 e. The van der Waals surface area contributed by atoms with E-state index >= 15 is 0 Å². The van der Waals surface area contributed by atoms with Gasteiger partial charge in [0.25, 0.3) is 0 Å². The van der Waals surface area contributed by atoms with E-state index in [0.29, 0.717) is 29.2 Å². The Kier molecular flexibility index (Phi) is 6.09. The zero-order valence-corrected chi connectivity index (χ0v) is 17.1. The highest BCUT2D eigenvalue weighted by Gasteiger charge is 2.18. The first-order valence-corrected chi connectivity index (χ1v) is 10.4. The molecule has 0 radical (unpaired) electrons. The maximum atomic E-state index is 12.7. The van der Waals surface area contributed by atoms with Gasteiger partial charge in [0.15, 0.2) is 11.5 Å². The van der Waals surface area contributed by atoms with Crippen LogP contribution >= 0.6 is 0 Å². The normalized spacial score (nSPS) is 11.4. The van der Waals surface area contributed by atoms with Crippen molar-refractivity contribution >= 4 is 26.9 Å². The number of fused-ring (bicyclic) bond motifs is 1. The third kappa shape index (κ3) is 4.29. The standard InChI is InChI=1S/C20H20N2O7S/c1-3-29-17-7-4-12(8-18(17)28-2)10-22-30(26,27)13-5-6-16-14(9-13)19(23)15(11-21-16)20(24)25/h4-9,11,22H,3,10H2,1-2H3,(H,21,23)(H,24,25). The number of pyridine rings is 1. The SMILES string of the molecule is CCOc1ccc(CNS(=O)(=O)c2ccc3[nH]cc(C(=O)O)c(=O)c3c2)cc1OC. The first-order valence-electron chi connectivity index (χ1n) is 8.95. The molecule has 158 valence electrons. The fraction of sp³-hybridized carbons (Fsp3) is 0.200. The van der Waals surface area contributed by atoms with E-state index in [1.54, 1.807) is 18.2 Å². The van der Waals surface area contributed by atoms with Crippen molar-refractivity contribution in [2.75, 3.05) is 13.7 Å². The number of carbonyl (C=O) groups is 1. The van der Waals surface area contributed by atoms with Crippen LogP contribution in [0.2, 0.25) is 0 Å². The van der Waals surface area contributed by atoms with Crippen LogP contribution in [-0.2, 0) is 16.6 Å². The third-order valence-electron chi connectivity index (χ3n) is 4.39. The number of carboxylic acids is 1. The molecule has 3 N–H and O–H groups in total. The van der Waals surface area contributed by atoms with Crippen molar-refractivity contribution in [3.05, 3.63) is 63.9 Å². The molecule has 0 amide bonds.